The van der Waals surface area contributed by atoms with Crippen LogP contribution in [0.5, 0.6) is 11.5 Å². The van der Waals surface area contributed by atoms with Gasteiger partial charge in [0.1, 0.15) is 28.8 Å². The first-order valence-electron chi connectivity index (χ1n) is 15.7. The molecule has 2 heterocycles. The van der Waals surface area contributed by atoms with Gasteiger partial charge in [0, 0.05) is 18.9 Å². The maximum absolute atomic E-state index is 13.4. The van der Waals surface area contributed by atoms with Gasteiger partial charge in [-0.3, -0.25) is 9.36 Å². The van der Waals surface area contributed by atoms with Crippen molar-refractivity contribution in [2.75, 3.05) is 26.6 Å². The van der Waals surface area contributed by atoms with E-state index in [0.29, 0.717) is 17.1 Å². The Morgan fingerprint density at radius 2 is 1.35 bits per heavy atom. The number of methoxy groups -OCH3 is 3. The number of aromatic nitrogens is 2. The van der Waals surface area contributed by atoms with Crippen LogP contribution in [0.15, 0.2) is 126 Å². The Hall–Kier alpha value is -4.94. The predicted octanol–water partition coefficient (Wildman–Crippen LogP) is 4.90. The minimum Gasteiger partial charge on any atom is -0.497 e. The maximum atomic E-state index is 13.4. The number of carbonyl (C=O) groups is 1. The second kappa shape index (κ2) is 14.7. The molecule has 49 heavy (non-hydrogen) atoms. The molecule has 1 fully saturated rings. The third kappa shape index (κ3) is 6.45. The van der Waals surface area contributed by atoms with Gasteiger partial charge >= 0.3 is 5.69 Å². The van der Waals surface area contributed by atoms with Crippen molar-refractivity contribution >= 4 is 23.5 Å². The van der Waals surface area contributed by atoms with Gasteiger partial charge in [-0.25, -0.2) is 4.79 Å². The number of carbonyl (C=O) groups excluding carboxylic acids is 1. The van der Waals surface area contributed by atoms with E-state index in [2.05, 4.69) is 10.3 Å². The van der Waals surface area contributed by atoms with Gasteiger partial charge in [0.05, 0.1) is 37.1 Å². The van der Waals surface area contributed by atoms with Crippen LogP contribution in [0.4, 0.5) is 5.82 Å². The van der Waals surface area contributed by atoms with E-state index in [1.807, 2.05) is 78.9 Å². The number of rotatable bonds is 11. The number of nitrogens with zero attached hydrogens (tertiary/aromatic N) is 2. The molecular weight excluding hydrogens is 642 g/mol. The molecule has 1 aliphatic rings. The van der Waals surface area contributed by atoms with Crippen LogP contribution in [-0.2, 0) is 10.2 Å². The number of thioether (sulfide) groups is 1. The van der Waals surface area contributed by atoms with Crippen molar-refractivity contribution in [3.05, 3.63) is 154 Å². The summed E-state index contributed by atoms with van der Waals surface area (Å²) in [4.78, 5) is 30.2. The summed E-state index contributed by atoms with van der Waals surface area (Å²) in [6, 6.07) is 34.8. The molecule has 10 nitrogen and oxygen atoms in total. The van der Waals surface area contributed by atoms with E-state index in [0.717, 1.165) is 16.7 Å². The van der Waals surface area contributed by atoms with E-state index >= 15 is 0 Å². The Labute approximate surface area is 288 Å². The quantitative estimate of drug-likeness (QED) is 0.167. The predicted molar refractivity (Wildman–Crippen MR) is 188 cm³/mol. The molecule has 6 rings (SSSR count). The highest BCUT2D eigenvalue weighted by Gasteiger charge is 2.55. The summed E-state index contributed by atoms with van der Waals surface area (Å²) in [5.41, 5.74) is 0.905. The molecule has 1 amide bonds. The van der Waals surface area contributed by atoms with Crippen LogP contribution < -0.4 is 20.5 Å². The molecule has 1 aromatic heterocycles. The summed E-state index contributed by atoms with van der Waals surface area (Å²) in [6.07, 6.45) is -1.81. The van der Waals surface area contributed by atoms with E-state index in [1.54, 1.807) is 44.6 Å². The highest BCUT2D eigenvalue weighted by Crippen LogP contribution is 2.52. The number of anilines is 1. The molecule has 5 atom stereocenters. The second-order valence-corrected chi connectivity index (χ2v) is 12.9. The van der Waals surface area contributed by atoms with Gasteiger partial charge in [-0.05, 0) is 59.2 Å². The number of benzene rings is 4. The van der Waals surface area contributed by atoms with Crippen molar-refractivity contribution in [2.24, 2.45) is 0 Å². The number of hydrogen-bond donors (Lipinski definition) is 3. The second-order valence-electron chi connectivity index (χ2n) is 11.6. The van der Waals surface area contributed by atoms with Crippen molar-refractivity contribution in [1.82, 2.24) is 9.55 Å². The summed E-state index contributed by atoms with van der Waals surface area (Å²) in [7, 11) is 4.64. The molecule has 0 spiro atoms. The third-order valence-corrected chi connectivity index (χ3v) is 10.6. The van der Waals surface area contributed by atoms with E-state index in [-0.39, 0.29) is 5.82 Å². The minimum atomic E-state index is -1.24. The van der Waals surface area contributed by atoms with E-state index in [1.165, 1.54) is 35.7 Å². The SMILES string of the molecule is COc1ccc(C(c2ccccc2)(c2ccc(OC)cc2)C(O)[C@H]2SC(n3ccc(NC(=O)c4ccccc4)nc3=O)[C@H](OC)[C@@H]2O)cc1. The first kappa shape index (κ1) is 33.9. The number of ether oxygens (including phenoxy) is 3. The van der Waals surface area contributed by atoms with Crippen LogP contribution in [0.2, 0.25) is 0 Å². The van der Waals surface area contributed by atoms with Gasteiger partial charge < -0.3 is 29.7 Å². The fourth-order valence-electron chi connectivity index (χ4n) is 6.54. The van der Waals surface area contributed by atoms with E-state index < -0.39 is 45.9 Å². The monoisotopic (exact) mass is 679 g/mol. The molecule has 5 aromatic rings. The molecule has 0 bridgehead atoms. The molecule has 0 radical (unpaired) electrons. The molecule has 11 heteroatoms. The molecule has 1 saturated heterocycles. The molecule has 1 aliphatic heterocycles. The van der Waals surface area contributed by atoms with Crippen molar-refractivity contribution in [1.29, 1.82) is 0 Å². The summed E-state index contributed by atoms with van der Waals surface area (Å²) < 4.78 is 18.1. The summed E-state index contributed by atoms with van der Waals surface area (Å²) in [6.45, 7) is 0. The number of nitrogens with one attached hydrogen (secondary N) is 1. The molecule has 3 N–H and O–H groups in total. The van der Waals surface area contributed by atoms with Gasteiger partial charge in [-0.2, -0.15) is 4.98 Å². The number of hydrogen-bond acceptors (Lipinski definition) is 9. The summed E-state index contributed by atoms with van der Waals surface area (Å²) in [5.74, 6) is 0.995. The average molecular weight is 680 g/mol. The summed E-state index contributed by atoms with van der Waals surface area (Å²) in [5, 5.41) is 25.7. The lowest BCUT2D eigenvalue weighted by Crippen LogP contribution is -2.51. The molecule has 0 saturated carbocycles. The van der Waals surface area contributed by atoms with Crippen LogP contribution in [-0.4, -0.2) is 70.6 Å². The Morgan fingerprint density at radius 3 is 1.86 bits per heavy atom. The highest BCUT2D eigenvalue weighted by molar-refractivity contribution is 8.00. The first-order valence-corrected chi connectivity index (χ1v) is 16.6. The van der Waals surface area contributed by atoms with Gasteiger partial charge in [-0.15, -0.1) is 11.8 Å². The van der Waals surface area contributed by atoms with Gasteiger partial charge in [0.2, 0.25) is 0 Å². The lowest BCUT2D eigenvalue weighted by atomic mass is 9.64. The number of aliphatic hydroxyl groups excluding tert-OH is 2. The Kier molecular flexibility index (Phi) is 10.2. The van der Waals surface area contributed by atoms with Crippen molar-refractivity contribution in [3.63, 3.8) is 0 Å². The molecule has 0 aliphatic carbocycles. The third-order valence-electron chi connectivity index (χ3n) is 8.98. The highest BCUT2D eigenvalue weighted by atomic mass is 32.2. The van der Waals surface area contributed by atoms with Gasteiger partial charge in [0.15, 0.2) is 0 Å². The van der Waals surface area contributed by atoms with Crippen LogP contribution in [0.1, 0.15) is 32.4 Å². The topological polar surface area (TPSA) is 132 Å². The molecule has 252 valence electrons. The Balaban J connectivity index is 1.41. The zero-order valence-electron chi connectivity index (χ0n) is 27.2. The van der Waals surface area contributed by atoms with Crippen molar-refractivity contribution < 1.29 is 29.2 Å². The molecule has 4 aromatic carbocycles. The zero-order valence-corrected chi connectivity index (χ0v) is 28.0. The Bertz CT molecular complexity index is 1870. The van der Waals surface area contributed by atoms with Gasteiger partial charge in [0.25, 0.3) is 5.91 Å². The molecular formula is C38H37N3O7S. The smallest absolute Gasteiger partial charge is 0.350 e. The lowest BCUT2D eigenvalue weighted by Gasteiger charge is -2.43. The van der Waals surface area contributed by atoms with E-state index in [4.69, 9.17) is 14.2 Å². The Morgan fingerprint density at radius 1 is 0.816 bits per heavy atom. The first-order chi connectivity index (χ1) is 23.8. The van der Waals surface area contributed by atoms with Crippen LogP contribution in [0, 0.1) is 0 Å². The lowest BCUT2D eigenvalue weighted by molar-refractivity contribution is -0.0344. The summed E-state index contributed by atoms with van der Waals surface area (Å²) >= 11 is 1.23. The number of amides is 1. The minimum absolute atomic E-state index is 0.0892. The zero-order chi connectivity index (χ0) is 34.5. The van der Waals surface area contributed by atoms with Crippen LogP contribution in [0.25, 0.3) is 0 Å². The van der Waals surface area contributed by atoms with Crippen molar-refractivity contribution in [2.45, 2.75) is 34.4 Å². The molecule has 2 unspecified atom stereocenters. The fourth-order valence-corrected chi connectivity index (χ4v) is 8.25. The van der Waals surface area contributed by atoms with Crippen LogP contribution in [0.3, 0.4) is 0 Å². The van der Waals surface area contributed by atoms with Crippen molar-refractivity contribution in [3.8, 4) is 11.5 Å². The number of aliphatic hydroxyl groups is 2. The standard InChI is InChI=1S/C38H37N3O7S/c1-46-28-18-14-26(15-19-28)38(25-12-8-5-9-13-25,27-16-20-29(47-2)21-17-27)34(43)33-31(42)32(48-3)36(49-33)41-23-22-30(40-37(41)45)39-35(44)24-10-6-4-7-11-24/h4-23,31-34,36,42-43H,1-3H3,(H,39,40,44,45)/t31-,32+,33-,34?,36?/m0/s1. The van der Waals surface area contributed by atoms with Crippen LogP contribution >= 0.6 is 11.8 Å². The normalized spacial score (nSPS) is 19.6. The van der Waals surface area contributed by atoms with Gasteiger partial charge in [-0.1, -0.05) is 72.8 Å². The fraction of sp³-hybridized carbons (Fsp3) is 0.237. The average Bonchev–Trinajstić information content (AvgIpc) is 3.48. The van der Waals surface area contributed by atoms with E-state index in [9.17, 15) is 19.8 Å². The maximum Gasteiger partial charge on any atom is 0.350 e. The largest absolute Gasteiger partial charge is 0.497 e.